The molecule has 3 aliphatic rings. The Morgan fingerprint density at radius 2 is 0.826 bits per heavy atom. The van der Waals surface area contributed by atoms with Crippen LogP contribution in [0, 0.1) is 0 Å². The number of carbonyl (C=O) groups excluding carboxylic acids is 2. The first-order valence-corrected chi connectivity index (χ1v) is 31.9. The van der Waals surface area contributed by atoms with Crippen LogP contribution in [0.15, 0.2) is 141 Å². The van der Waals surface area contributed by atoms with Crippen molar-refractivity contribution in [2.75, 3.05) is 73.0 Å². The van der Waals surface area contributed by atoms with Crippen LogP contribution in [0.25, 0.3) is 0 Å². The van der Waals surface area contributed by atoms with E-state index in [1.165, 1.54) is 6.92 Å². The molecule has 3 heterocycles. The van der Waals surface area contributed by atoms with E-state index in [0.29, 0.717) is 68.6 Å². The summed E-state index contributed by atoms with van der Waals surface area (Å²) < 4.78 is 21.3. The number of halogens is 6. The minimum Gasteiger partial charge on any atom is -0.528 e. The number of piperidine rings is 3. The fraction of sp³-hybridized carbons (Fsp3) is 0.415. The maximum Gasteiger partial charge on any atom is 0.216 e. The molecule has 0 saturated carbocycles. The van der Waals surface area contributed by atoms with E-state index < -0.39 is 16.8 Å². The Morgan fingerprint density at radius 1 is 0.523 bits per heavy atom. The monoisotopic (exact) mass is 1460 g/mol. The van der Waals surface area contributed by atoms with Crippen molar-refractivity contribution < 1.29 is 57.7 Å². The number of likely N-dealkylation sites (N-methyl/N-ethyl adjacent to an activating group) is 1. The Bertz CT molecular complexity index is 3060. The summed E-state index contributed by atoms with van der Waals surface area (Å²) >= 11 is 28.5. The predicted molar refractivity (Wildman–Crippen MR) is 349 cm³/mol. The summed E-state index contributed by atoms with van der Waals surface area (Å²) in [6.45, 7) is 11.3. The second kappa shape index (κ2) is 35.0. The van der Waals surface area contributed by atoms with Gasteiger partial charge in [-0.15, -0.1) is 0 Å². The van der Waals surface area contributed by atoms with E-state index in [1.807, 2.05) is 123 Å². The Labute approximate surface area is 559 Å². The number of carbonyl (C=O) groups is 1. The summed E-state index contributed by atoms with van der Waals surface area (Å²) in [5.74, 6) is 2.48. The number of nitrogens with zero attached hydrogens (tertiary/aromatic N) is 4. The van der Waals surface area contributed by atoms with Crippen LogP contribution < -0.4 is 24.8 Å². The van der Waals surface area contributed by atoms with Gasteiger partial charge in [0.2, 0.25) is 5.91 Å². The van der Waals surface area contributed by atoms with Crippen LogP contribution in [0.3, 0.4) is 0 Å². The van der Waals surface area contributed by atoms with Gasteiger partial charge in [0.1, 0.15) is 37.1 Å². The Kier molecular flexibility index (Phi) is 29.1. The molecule has 6 aromatic carbocycles. The zero-order valence-electron chi connectivity index (χ0n) is 48.9. The summed E-state index contributed by atoms with van der Waals surface area (Å²) in [5, 5.41) is 39.2. The largest absolute Gasteiger partial charge is 0.528 e. The molecule has 6 aromatic rings. The summed E-state index contributed by atoms with van der Waals surface area (Å²) in [5.41, 5.74) is 4.29. The van der Waals surface area contributed by atoms with Crippen molar-refractivity contribution in [3.63, 3.8) is 0 Å². The van der Waals surface area contributed by atoms with Crippen LogP contribution in [-0.2, 0) is 67.6 Å². The van der Waals surface area contributed by atoms with Crippen molar-refractivity contribution >= 4 is 94.9 Å². The van der Waals surface area contributed by atoms with Crippen molar-refractivity contribution in [2.45, 2.75) is 102 Å². The Hall–Kier alpha value is -3.73. The van der Waals surface area contributed by atoms with E-state index in [1.54, 1.807) is 6.41 Å². The van der Waals surface area contributed by atoms with E-state index in [9.17, 15) is 24.9 Å². The standard InChI is InChI=1S/C22H26BrClN2O3.C22H28BrClN2O2.C21H23BrClN2O3.V/c1-16(27)25-15-22(28)8-10-26(11-9-22)13-18-12-19(23)4-7-21(18)29-14-17-2-5-20(24)6-3-17;1-25(2)16-22(27)9-11-26(12-10-22)14-18-13-19(23)5-8-21(18)28-15-17-3-6-20(24)7-4-17;22-18-3-6-20(28-13-16-1-4-19(23)5-2-16)17(11-18)12-25-9-7-21(27,8-10-25)14-24-15-26;/h2-7,12,28H,8-11,13-15H2,1H3,(H,25,27);3-8,13,27H,9-12,14-16H2,1-2H3;1-6,11,27H,7-10,12-14H2,(H,24,26);/q;;-1;. The van der Waals surface area contributed by atoms with E-state index in [-0.39, 0.29) is 31.0 Å². The van der Waals surface area contributed by atoms with Crippen molar-refractivity contribution in [2.24, 2.45) is 0 Å². The molecule has 3 saturated heterocycles. The van der Waals surface area contributed by atoms with Gasteiger partial charge in [-0.25, -0.2) is 0 Å². The van der Waals surface area contributed by atoms with E-state index in [0.717, 1.165) is 141 Å². The minimum atomic E-state index is -0.848. The number of ether oxygens (including phenoxy) is 3. The molecule has 1 radical (unpaired) electrons. The first-order valence-electron chi connectivity index (χ1n) is 28.4. The molecule has 2 amide bonds. The van der Waals surface area contributed by atoms with Crippen LogP contribution in [0.1, 0.15) is 78.8 Å². The van der Waals surface area contributed by atoms with Gasteiger partial charge >= 0.3 is 0 Å². The number of nitrogens with one attached hydrogen (secondary N) is 2. The van der Waals surface area contributed by atoms with Gasteiger partial charge in [-0.2, -0.15) is 6.41 Å². The molecule has 9 rings (SSSR count). The molecule has 3 aliphatic heterocycles. The van der Waals surface area contributed by atoms with Crippen LogP contribution in [0.5, 0.6) is 17.2 Å². The van der Waals surface area contributed by atoms with Gasteiger partial charge in [0.15, 0.2) is 0 Å². The number of amides is 2. The number of aliphatic hydroxyl groups is 3. The van der Waals surface area contributed by atoms with E-state index in [4.69, 9.17) is 49.0 Å². The summed E-state index contributed by atoms with van der Waals surface area (Å²) in [7, 11) is 4.02. The number of likely N-dealkylation sites (tertiary alicyclic amines) is 3. The average molecular weight is 1470 g/mol. The molecule has 0 bridgehead atoms. The first-order chi connectivity index (χ1) is 40.6. The number of hydrogen-bond donors (Lipinski definition) is 5. The fourth-order valence-electron chi connectivity index (χ4n) is 10.4. The second-order valence-corrected chi connectivity index (χ2v) is 26.7. The molecule has 463 valence electrons. The third kappa shape index (κ3) is 24.2. The molecule has 5 N–H and O–H groups in total. The summed E-state index contributed by atoms with van der Waals surface area (Å²) in [4.78, 5) is 30.5. The van der Waals surface area contributed by atoms with Gasteiger partial charge in [-0.3, -0.25) is 19.5 Å². The molecule has 0 atom stereocenters. The smallest absolute Gasteiger partial charge is 0.216 e. The van der Waals surface area contributed by atoms with E-state index in [2.05, 4.69) is 96.2 Å². The maximum atomic E-state index is 11.1. The van der Waals surface area contributed by atoms with Gasteiger partial charge < -0.3 is 49.9 Å². The molecule has 0 spiro atoms. The minimum absolute atomic E-state index is 0. The zero-order valence-corrected chi connectivity index (χ0v) is 57.3. The van der Waals surface area contributed by atoms with Crippen LogP contribution in [-0.4, -0.2) is 137 Å². The maximum absolute atomic E-state index is 11.1. The van der Waals surface area contributed by atoms with Crippen molar-refractivity contribution in [1.82, 2.24) is 30.2 Å². The SMILES string of the molecule is CC(=O)NCC1(O)CCN(Cc2cc(Br)ccc2OCc2ccc(Cl)cc2)CC1.CN(C)CC1(O)CCN(Cc2cc(Br)ccc2OCc2ccc(Cl)cc2)CC1.O=[C-]NCC1(O)CCN(Cc2cc(Br)ccc2OCc2ccc(Cl)cc2)CC1.[V]. The fourth-order valence-corrected chi connectivity index (χ4v) is 12.0. The molecule has 0 unspecified atom stereocenters. The first kappa shape index (κ1) is 71.4. The summed E-state index contributed by atoms with van der Waals surface area (Å²) in [6.07, 6.45) is 5.69. The van der Waals surface area contributed by atoms with Crippen molar-refractivity contribution in [3.05, 3.63) is 189 Å². The normalized spacial score (nSPS) is 16.5. The van der Waals surface area contributed by atoms with Crippen LogP contribution >= 0.6 is 82.6 Å². The summed E-state index contributed by atoms with van der Waals surface area (Å²) in [6, 6.07) is 41.2. The van der Waals surface area contributed by atoms with Crippen LogP contribution in [0.4, 0.5) is 0 Å². The number of hydrogen-bond acceptors (Lipinski definition) is 12. The number of rotatable bonds is 22. The molecular weight excluding hydrogens is 1390 g/mol. The van der Waals surface area contributed by atoms with Crippen molar-refractivity contribution in [3.8, 4) is 17.2 Å². The van der Waals surface area contributed by atoms with E-state index >= 15 is 0 Å². The van der Waals surface area contributed by atoms with Crippen molar-refractivity contribution in [1.29, 1.82) is 0 Å². The third-order valence-corrected chi connectivity index (χ3v) is 17.5. The Morgan fingerprint density at radius 3 is 1.12 bits per heavy atom. The molecule has 14 nitrogen and oxygen atoms in total. The zero-order chi connectivity index (χ0) is 61.0. The molecule has 3 fully saturated rings. The molecule has 21 heteroatoms. The molecule has 0 aliphatic carbocycles. The van der Waals surface area contributed by atoms with Gasteiger partial charge in [-0.05, 0) is 160 Å². The van der Waals surface area contributed by atoms with Crippen LogP contribution in [0.2, 0.25) is 15.1 Å². The van der Waals surface area contributed by atoms with Gasteiger partial charge in [0.05, 0.1) is 16.8 Å². The quantitative estimate of drug-likeness (QED) is 0.0324. The van der Waals surface area contributed by atoms with Gasteiger partial charge in [0.25, 0.3) is 0 Å². The topological polar surface area (TPSA) is 160 Å². The predicted octanol–water partition coefficient (Wildman–Crippen LogP) is 12.4. The Balaban J connectivity index is 0.000000205. The number of benzene rings is 6. The average Bonchev–Trinajstić information content (AvgIpc) is 3.57. The molecular formula is C65H77Br3Cl3N6O8V-. The van der Waals surface area contributed by atoms with Gasteiger partial charge in [-0.1, -0.05) is 119 Å². The molecule has 86 heavy (non-hydrogen) atoms. The van der Waals surface area contributed by atoms with Gasteiger partial charge in [0, 0.05) is 149 Å². The third-order valence-electron chi connectivity index (χ3n) is 15.3. The molecule has 0 aromatic heterocycles. The second-order valence-electron chi connectivity index (χ2n) is 22.6.